The standard InChI is InChI=1S/C16H20FNO3/c1-11-6-7-18(15(11)10-19)9-13-2-4-14(17)8-12(13)3-5-16(20)21/h2-5,8,11,15,19H,6-7,9-10H2,1H3,(H,20,21)/b5-3+. The van der Waals surface area contributed by atoms with Gasteiger partial charge in [-0.3, -0.25) is 4.90 Å². The van der Waals surface area contributed by atoms with Gasteiger partial charge in [0.2, 0.25) is 0 Å². The first-order valence-electron chi connectivity index (χ1n) is 7.05. The number of aliphatic hydroxyl groups excluding tert-OH is 1. The zero-order valence-electron chi connectivity index (χ0n) is 12.0. The van der Waals surface area contributed by atoms with E-state index < -0.39 is 11.8 Å². The molecule has 0 aliphatic carbocycles. The first kappa shape index (κ1) is 15.7. The minimum atomic E-state index is -1.06. The Labute approximate surface area is 123 Å². The predicted octanol–water partition coefficient (Wildman–Crippen LogP) is 2.13. The number of likely N-dealkylation sites (tertiary alicyclic amines) is 1. The molecule has 2 unspecified atom stereocenters. The van der Waals surface area contributed by atoms with Crippen LogP contribution in [-0.2, 0) is 11.3 Å². The third kappa shape index (κ3) is 3.89. The van der Waals surface area contributed by atoms with E-state index in [1.165, 1.54) is 18.2 Å². The summed E-state index contributed by atoms with van der Waals surface area (Å²) in [6, 6.07) is 4.49. The molecule has 1 fully saturated rings. The quantitative estimate of drug-likeness (QED) is 0.816. The molecule has 0 spiro atoms. The summed E-state index contributed by atoms with van der Waals surface area (Å²) in [5.41, 5.74) is 1.43. The topological polar surface area (TPSA) is 60.8 Å². The monoisotopic (exact) mass is 293 g/mol. The van der Waals surface area contributed by atoms with Crippen LogP contribution in [0.15, 0.2) is 24.3 Å². The molecule has 1 aliphatic heterocycles. The highest BCUT2D eigenvalue weighted by molar-refractivity contribution is 5.85. The number of aliphatic carboxylic acids is 1. The van der Waals surface area contributed by atoms with Crippen molar-refractivity contribution in [3.05, 3.63) is 41.2 Å². The smallest absolute Gasteiger partial charge is 0.328 e. The summed E-state index contributed by atoms with van der Waals surface area (Å²) in [7, 11) is 0. The normalized spacial score (nSPS) is 23.0. The molecule has 1 heterocycles. The molecular formula is C16H20FNO3. The van der Waals surface area contributed by atoms with Gasteiger partial charge in [-0.2, -0.15) is 0 Å². The van der Waals surface area contributed by atoms with E-state index in [-0.39, 0.29) is 12.6 Å². The molecule has 1 aliphatic rings. The Kier molecular flexibility index (Phi) is 5.09. The van der Waals surface area contributed by atoms with Crippen LogP contribution < -0.4 is 0 Å². The maximum Gasteiger partial charge on any atom is 0.328 e. The van der Waals surface area contributed by atoms with Gasteiger partial charge >= 0.3 is 5.97 Å². The van der Waals surface area contributed by atoms with Crippen LogP contribution in [-0.4, -0.2) is 40.3 Å². The number of hydrogen-bond donors (Lipinski definition) is 2. The molecule has 114 valence electrons. The fourth-order valence-electron chi connectivity index (χ4n) is 2.82. The summed E-state index contributed by atoms with van der Waals surface area (Å²) in [4.78, 5) is 12.8. The zero-order valence-corrected chi connectivity index (χ0v) is 12.0. The molecule has 1 aromatic rings. The fourth-order valence-corrected chi connectivity index (χ4v) is 2.82. The van der Waals surface area contributed by atoms with E-state index in [0.29, 0.717) is 18.0 Å². The molecule has 5 heteroatoms. The van der Waals surface area contributed by atoms with Crippen molar-refractivity contribution in [2.75, 3.05) is 13.2 Å². The molecule has 0 radical (unpaired) electrons. The molecule has 1 saturated heterocycles. The van der Waals surface area contributed by atoms with E-state index >= 15 is 0 Å². The van der Waals surface area contributed by atoms with E-state index in [1.54, 1.807) is 6.07 Å². The maximum atomic E-state index is 13.4. The Morgan fingerprint density at radius 2 is 2.29 bits per heavy atom. The molecule has 1 aromatic carbocycles. The minimum Gasteiger partial charge on any atom is -0.478 e. The number of carbonyl (C=O) groups is 1. The highest BCUT2D eigenvalue weighted by atomic mass is 19.1. The highest BCUT2D eigenvalue weighted by Gasteiger charge is 2.30. The van der Waals surface area contributed by atoms with Crippen LogP contribution in [0.4, 0.5) is 4.39 Å². The van der Waals surface area contributed by atoms with Crippen LogP contribution in [0.25, 0.3) is 6.08 Å². The molecule has 0 bridgehead atoms. The summed E-state index contributed by atoms with van der Waals surface area (Å²) >= 11 is 0. The van der Waals surface area contributed by atoms with Crippen molar-refractivity contribution in [1.29, 1.82) is 0 Å². The predicted molar refractivity (Wildman–Crippen MR) is 78.1 cm³/mol. The van der Waals surface area contributed by atoms with Gasteiger partial charge < -0.3 is 10.2 Å². The van der Waals surface area contributed by atoms with Gasteiger partial charge in [0.15, 0.2) is 0 Å². The molecule has 0 amide bonds. The summed E-state index contributed by atoms with van der Waals surface area (Å²) in [6.45, 7) is 3.67. The van der Waals surface area contributed by atoms with Crippen molar-refractivity contribution >= 4 is 12.0 Å². The van der Waals surface area contributed by atoms with Gasteiger partial charge in [-0.25, -0.2) is 9.18 Å². The minimum absolute atomic E-state index is 0.0999. The largest absolute Gasteiger partial charge is 0.478 e. The van der Waals surface area contributed by atoms with Gasteiger partial charge in [0.1, 0.15) is 5.82 Å². The first-order chi connectivity index (χ1) is 10.0. The molecule has 0 aromatic heterocycles. The van der Waals surface area contributed by atoms with Crippen LogP contribution in [0.1, 0.15) is 24.5 Å². The van der Waals surface area contributed by atoms with Gasteiger partial charge in [-0.15, -0.1) is 0 Å². The lowest BCUT2D eigenvalue weighted by atomic mass is 10.0. The van der Waals surface area contributed by atoms with Crippen LogP contribution in [0.2, 0.25) is 0 Å². The second-order valence-electron chi connectivity index (χ2n) is 5.50. The molecule has 4 nitrogen and oxygen atoms in total. The van der Waals surface area contributed by atoms with E-state index in [4.69, 9.17) is 5.11 Å². The number of halogens is 1. The first-order valence-corrected chi connectivity index (χ1v) is 7.05. The van der Waals surface area contributed by atoms with Crippen molar-refractivity contribution < 1.29 is 19.4 Å². The van der Waals surface area contributed by atoms with Crippen LogP contribution in [0.3, 0.4) is 0 Å². The van der Waals surface area contributed by atoms with E-state index in [0.717, 1.165) is 24.6 Å². The van der Waals surface area contributed by atoms with Crippen molar-refractivity contribution in [3.63, 3.8) is 0 Å². The lowest BCUT2D eigenvalue weighted by Crippen LogP contribution is -2.34. The third-order valence-corrected chi connectivity index (χ3v) is 4.07. The van der Waals surface area contributed by atoms with Crippen molar-refractivity contribution in [2.45, 2.75) is 25.9 Å². The fraction of sp³-hybridized carbons (Fsp3) is 0.438. The van der Waals surface area contributed by atoms with E-state index in [2.05, 4.69) is 11.8 Å². The number of rotatable bonds is 5. The Hall–Kier alpha value is -1.72. The molecular weight excluding hydrogens is 273 g/mol. The number of benzene rings is 1. The van der Waals surface area contributed by atoms with Gasteiger partial charge in [0.05, 0.1) is 6.61 Å². The Morgan fingerprint density at radius 1 is 1.52 bits per heavy atom. The summed E-state index contributed by atoms with van der Waals surface area (Å²) in [5, 5.41) is 18.2. The molecule has 2 atom stereocenters. The Bertz CT molecular complexity index is 544. The molecule has 2 N–H and O–H groups in total. The van der Waals surface area contributed by atoms with Crippen molar-refractivity contribution in [1.82, 2.24) is 4.90 Å². The number of hydrogen-bond acceptors (Lipinski definition) is 3. The summed E-state index contributed by atoms with van der Waals surface area (Å²) in [5.74, 6) is -1.03. The second-order valence-corrected chi connectivity index (χ2v) is 5.50. The zero-order chi connectivity index (χ0) is 15.4. The van der Waals surface area contributed by atoms with Crippen molar-refractivity contribution in [2.24, 2.45) is 5.92 Å². The average Bonchev–Trinajstić information content (AvgIpc) is 2.79. The number of carboxylic acids is 1. The van der Waals surface area contributed by atoms with Crippen LogP contribution >= 0.6 is 0 Å². The number of aliphatic hydroxyl groups is 1. The van der Waals surface area contributed by atoms with Crippen molar-refractivity contribution in [3.8, 4) is 0 Å². The highest BCUT2D eigenvalue weighted by Crippen LogP contribution is 2.26. The Balaban J connectivity index is 2.21. The summed E-state index contributed by atoms with van der Waals surface area (Å²) < 4.78 is 13.4. The van der Waals surface area contributed by atoms with Gasteiger partial charge in [-0.05, 0) is 48.2 Å². The number of nitrogens with zero attached hydrogens (tertiary/aromatic N) is 1. The Morgan fingerprint density at radius 3 is 2.95 bits per heavy atom. The van der Waals surface area contributed by atoms with Crippen LogP contribution in [0.5, 0.6) is 0 Å². The lowest BCUT2D eigenvalue weighted by molar-refractivity contribution is -0.131. The van der Waals surface area contributed by atoms with Crippen LogP contribution in [0, 0.1) is 11.7 Å². The molecule has 2 rings (SSSR count). The van der Waals surface area contributed by atoms with Gasteiger partial charge in [-0.1, -0.05) is 13.0 Å². The molecule has 0 saturated carbocycles. The van der Waals surface area contributed by atoms with Gasteiger partial charge in [0.25, 0.3) is 0 Å². The summed E-state index contributed by atoms with van der Waals surface area (Å²) in [6.07, 6.45) is 3.44. The van der Waals surface area contributed by atoms with E-state index in [9.17, 15) is 14.3 Å². The third-order valence-electron chi connectivity index (χ3n) is 4.07. The lowest BCUT2D eigenvalue weighted by Gasteiger charge is -2.25. The van der Waals surface area contributed by atoms with Gasteiger partial charge in [0, 0.05) is 18.7 Å². The maximum absolute atomic E-state index is 13.4. The number of carboxylic acid groups (broad SMARTS) is 1. The van der Waals surface area contributed by atoms with E-state index in [1.807, 2.05) is 0 Å². The molecule has 21 heavy (non-hydrogen) atoms. The SMILES string of the molecule is CC1CCN(Cc2ccc(F)cc2/C=C/C(=O)O)C1CO. The second kappa shape index (κ2) is 6.83. The average molecular weight is 293 g/mol.